The van der Waals surface area contributed by atoms with Crippen LogP contribution in [0.15, 0.2) is 12.1 Å². The molecule has 1 nitrogen and oxygen atoms in total. The molecule has 0 aromatic heterocycles. The molecule has 0 aliphatic heterocycles. The molecule has 0 unspecified atom stereocenters. The highest BCUT2D eigenvalue weighted by Gasteiger charge is 2.46. The molecule has 0 fully saturated rings. The summed E-state index contributed by atoms with van der Waals surface area (Å²) in [6, 6.07) is 1.43. The van der Waals surface area contributed by atoms with Crippen molar-refractivity contribution in [3.63, 3.8) is 0 Å². The number of hydrogen-bond acceptors (Lipinski definition) is 1. The van der Waals surface area contributed by atoms with Crippen LogP contribution in [0.3, 0.4) is 0 Å². The summed E-state index contributed by atoms with van der Waals surface area (Å²) in [7, 11) is 0. The number of hydrogen-bond donors (Lipinski definition) is 0. The third kappa shape index (κ3) is 2.77. The molecule has 0 bridgehead atoms. The van der Waals surface area contributed by atoms with Gasteiger partial charge in [0.2, 0.25) is 0 Å². The number of rotatable bonds is 2. The summed E-state index contributed by atoms with van der Waals surface area (Å²) in [6.45, 7) is 0. The third-order valence-corrected chi connectivity index (χ3v) is 2.45. The van der Waals surface area contributed by atoms with Crippen LogP contribution in [0, 0.1) is 0 Å². The van der Waals surface area contributed by atoms with Crippen LogP contribution in [0.25, 0.3) is 0 Å². The van der Waals surface area contributed by atoms with Crippen LogP contribution in [-0.2, 0) is 18.2 Å². The molecule has 1 rings (SSSR count). The molecule has 1 aromatic carbocycles. The molecule has 0 saturated heterocycles. The van der Waals surface area contributed by atoms with Gasteiger partial charge in [0.1, 0.15) is 0 Å². The van der Waals surface area contributed by atoms with Crippen molar-refractivity contribution in [1.82, 2.24) is 0 Å². The van der Waals surface area contributed by atoms with Crippen LogP contribution >= 0.6 is 11.6 Å². The fourth-order valence-electron chi connectivity index (χ4n) is 1.50. The maximum Gasteiger partial charge on any atom is 0.417 e. The van der Waals surface area contributed by atoms with Crippen LogP contribution in [-0.4, -0.2) is 6.29 Å². The van der Waals surface area contributed by atoms with Gasteiger partial charge in [-0.1, -0.05) is 12.1 Å². The first kappa shape index (κ1) is 14.8. The third-order valence-electron chi connectivity index (χ3n) is 2.16. The Labute approximate surface area is 102 Å². The van der Waals surface area contributed by atoms with Crippen LogP contribution in [0.5, 0.6) is 0 Å². The quantitative estimate of drug-likeness (QED) is 0.451. The van der Waals surface area contributed by atoms with Crippen molar-refractivity contribution in [1.29, 1.82) is 0 Å². The minimum atomic E-state index is -5.29. The zero-order valence-electron chi connectivity index (χ0n) is 8.49. The molecule has 8 heteroatoms. The Morgan fingerprint density at radius 1 is 1.00 bits per heavy atom. The maximum absolute atomic E-state index is 12.7. The summed E-state index contributed by atoms with van der Waals surface area (Å²) in [6.07, 6.45) is -10.8. The zero-order chi connectivity index (χ0) is 14.1. The van der Waals surface area contributed by atoms with Crippen molar-refractivity contribution in [3.05, 3.63) is 34.4 Å². The van der Waals surface area contributed by atoms with Crippen LogP contribution in [0.2, 0.25) is 0 Å². The lowest BCUT2D eigenvalue weighted by Crippen LogP contribution is -2.21. The number of halogens is 7. The number of aldehydes is 1. The fraction of sp³-hybridized carbons (Fsp3) is 0.300. The predicted octanol–water partition coefficient (Wildman–Crippen LogP) is 4.28. The molecular formula is C10H5ClF6O. The summed E-state index contributed by atoms with van der Waals surface area (Å²) >= 11 is 5.20. The summed E-state index contributed by atoms with van der Waals surface area (Å²) < 4.78 is 75.9. The Kier molecular flexibility index (Phi) is 3.95. The average Bonchev–Trinajstić information content (AvgIpc) is 2.24. The molecule has 0 N–H and O–H groups in total. The topological polar surface area (TPSA) is 17.1 Å². The van der Waals surface area contributed by atoms with Gasteiger partial charge in [-0.3, -0.25) is 4.79 Å². The van der Waals surface area contributed by atoms with Gasteiger partial charge in [0, 0.05) is 11.4 Å². The summed E-state index contributed by atoms with van der Waals surface area (Å²) in [5, 5.41) is 0. The first-order chi connectivity index (χ1) is 8.12. The highest BCUT2D eigenvalue weighted by atomic mass is 35.5. The second kappa shape index (κ2) is 4.79. The highest BCUT2D eigenvalue weighted by molar-refractivity contribution is 6.17. The molecule has 0 atom stereocenters. The van der Waals surface area contributed by atoms with E-state index < -0.39 is 40.5 Å². The summed E-state index contributed by atoms with van der Waals surface area (Å²) in [4.78, 5) is 10.5. The lowest BCUT2D eigenvalue weighted by molar-refractivity contribution is -0.162. The first-order valence-electron chi connectivity index (χ1n) is 4.44. The maximum atomic E-state index is 12.7. The molecule has 100 valence electrons. The fourth-order valence-corrected chi connectivity index (χ4v) is 1.72. The van der Waals surface area contributed by atoms with Crippen LogP contribution in [0.4, 0.5) is 26.3 Å². The van der Waals surface area contributed by atoms with Crippen LogP contribution < -0.4 is 0 Å². The molecular weight excluding hydrogens is 286 g/mol. The second-order valence-corrected chi connectivity index (χ2v) is 3.58. The van der Waals surface area contributed by atoms with E-state index in [-0.39, 0.29) is 6.29 Å². The van der Waals surface area contributed by atoms with Gasteiger partial charge in [-0.05, 0) is 5.56 Å². The Balaban J connectivity index is 3.76. The smallest absolute Gasteiger partial charge is 0.298 e. The molecule has 0 spiro atoms. The normalized spacial score (nSPS) is 12.6. The van der Waals surface area contributed by atoms with Crippen molar-refractivity contribution in [2.45, 2.75) is 18.2 Å². The van der Waals surface area contributed by atoms with Crippen molar-refractivity contribution in [2.24, 2.45) is 0 Å². The molecule has 0 radical (unpaired) electrons. The van der Waals surface area contributed by atoms with E-state index in [1.807, 2.05) is 0 Å². The SMILES string of the molecule is O=Cc1ccc(CCl)c(C(F)(F)F)c1C(F)(F)F. The summed E-state index contributed by atoms with van der Waals surface area (Å²) in [5.74, 6) is -0.739. The van der Waals surface area contributed by atoms with Crippen molar-refractivity contribution >= 4 is 17.9 Å². The standard InChI is InChI=1S/C10H5ClF6O/c11-3-5-1-2-6(4-18)8(10(15,16)17)7(5)9(12,13)14/h1-2,4H,3H2. The number of alkyl halides is 7. The minimum absolute atomic E-state index is 0.268. The van der Waals surface area contributed by atoms with Gasteiger partial charge >= 0.3 is 12.4 Å². The zero-order valence-corrected chi connectivity index (χ0v) is 9.25. The first-order valence-corrected chi connectivity index (χ1v) is 4.97. The minimum Gasteiger partial charge on any atom is -0.298 e. The number of carbonyl (C=O) groups is 1. The Hall–Kier alpha value is -1.24. The van der Waals surface area contributed by atoms with Gasteiger partial charge < -0.3 is 0 Å². The average molecular weight is 291 g/mol. The van der Waals surface area contributed by atoms with Crippen molar-refractivity contribution < 1.29 is 31.1 Å². The lowest BCUT2D eigenvalue weighted by atomic mass is 9.96. The molecule has 0 heterocycles. The van der Waals surface area contributed by atoms with Gasteiger partial charge in [0.25, 0.3) is 0 Å². The monoisotopic (exact) mass is 290 g/mol. The molecule has 0 aliphatic rings. The summed E-state index contributed by atoms with van der Waals surface area (Å²) in [5.41, 5.74) is -5.69. The molecule has 0 amide bonds. The van der Waals surface area contributed by atoms with Gasteiger partial charge in [-0.2, -0.15) is 26.3 Å². The van der Waals surface area contributed by atoms with E-state index >= 15 is 0 Å². The number of benzene rings is 1. The van der Waals surface area contributed by atoms with Gasteiger partial charge in [-0.25, -0.2) is 0 Å². The molecule has 0 aliphatic carbocycles. The van der Waals surface area contributed by atoms with E-state index in [2.05, 4.69) is 0 Å². The second-order valence-electron chi connectivity index (χ2n) is 3.31. The number of carbonyl (C=O) groups excluding carboxylic acids is 1. The molecule has 18 heavy (non-hydrogen) atoms. The Morgan fingerprint density at radius 3 is 1.83 bits per heavy atom. The van der Waals surface area contributed by atoms with Gasteiger partial charge in [-0.15, -0.1) is 11.6 Å². The largest absolute Gasteiger partial charge is 0.417 e. The Bertz CT molecular complexity index is 463. The van der Waals surface area contributed by atoms with Crippen molar-refractivity contribution in [2.75, 3.05) is 0 Å². The van der Waals surface area contributed by atoms with E-state index in [0.29, 0.717) is 6.07 Å². The van der Waals surface area contributed by atoms with Gasteiger partial charge in [0.05, 0.1) is 11.1 Å². The van der Waals surface area contributed by atoms with Crippen molar-refractivity contribution in [3.8, 4) is 0 Å². The Morgan fingerprint density at radius 2 is 1.50 bits per heavy atom. The van der Waals surface area contributed by atoms with E-state index in [4.69, 9.17) is 11.6 Å². The van der Waals surface area contributed by atoms with E-state index in [1.165, 1.54) is 0 Å². The van der Waals surface area contributed by atoms with E-state index in [1.54, 1.807) is 0 Å². The molecule has 0 saturated carbocycles. The highest BCUT2D eigenvalue weighted by Crippen LogP contribution is 2.43. The van der Waals surface area contributed by atoms with E-state index in [0.717, 1.165) is 6.07 Å². The van der Waals surface area contributed by atoms with E-state index in [9.17, 15) is 31.1 Å². The predicted molar refractivity (Wildman–Crippen MR) is 51.4 cm³/mol. The molecule has 1 aromatic rings. The lowest BCUT2D eigenvalue weighted by Gasteiger charge is -2.19. The van der Waals surface area contributed by atoms with Crippen LogP contribution in [0.1, 0.15) is 27.0 Å². The van der Waals surface area contributed by atoms with Gasteiger partial charge in [0.15, 0.2) is 6.29 Å².